The maximum Gasteiger partial charge on any atom is 0.246 e. The number of hydrogen-bond donors (Lipinski definition) is 0. The highest BCUT2D eigenvalue weighted by Gasteiger charge is 2.08. The van der Waals surface area contributed by atoms with E-state index in [9.17, 15) is 4.79 Å². The number of benzene rings is 1. The van der Waals surface area contributed by atoms with Crippen LogP contribution in [0.5, 0.6) is 0 Å². The molecule has 0 spiro atoms. The lowest BCUT2D eigenvalue weighted by Gasteiger charge is -2.15. The number of hydrogen-bond acceptors (Lipinski definition) is 2. The Balaban J connectivity index is 1.99. The summed E-state index contributed by atoms with van der Waals surface area (Å²) in [6, 6.07) is 7.51. The summed E-state index contributed by atoms with van der Waals surface area (Å²) >= 11 is 6.08. The minimum Gasteiger partial charge on any atom is -0.338 e. The molecule has 1 aromatic carbocycles. The van der Waals surface area contributed by atoms with Crippen molar-refractivity contribution in [1.29, 1.82) is 0 Å². The lowest BCUT2D eigenvalue weighted by molar-refractivity contribution is -0.125. The van der Waals surface area contributed by atoms with E-state index in [1.165, 1.54) is 6.08 Å². The second kappa shape index (κ2) is 6.39. The van der Waals surface area contributed by atoms with Gasteiger partial charge in [0.2, 0.25) is 5.91 Å². The summed E-state index contributed by atoms with van der Waals surface area (Å²) in [6.45, 7) is 0.482. The normalized spacial score (nSPS) is 10.9. The molecule has 1 amide bonds. The van der Waals surface area contributed by atoms with E-state index in [-0.39, 0.29) is 5.91 Å². The van der Waals surface area contributed by atoms with Crippen LogP contribution in [-0.2, 0) is 18.4 Å². The smallest absolute Gasteiger partial charge is 0.246 e. The highest BCUT2D eigenvalue weighted by molar-refractivity contribution is 6.31. The predicted molar refractivity (Wildman–Crippen MR) is 80.2 cm³/mol. The molecule has 5 heteroatoms. The zero-order chi connectivity index (χ0) is 14.5. The molecule has 0 saturated carbocycles. The monoisotopic (exact) mass is 289 g/mol. The average Bonchev–Trinajstić information content (AvgIpc) is 2.84. The number of carbonyl (C=O) groups is 1. The number of aryl methyl sites for hydroxylation is 1. The molecule has 0 aliphatic rings. The van der Waals surface area contributed by atoms with Crippen LogP contribution in [0.4, 0.5) is 0 Å². The Morgan fingerprint density at radius 1 is 1.45 bits per heavy atom. The van der Waals surface area contributed by atoms with Crippen LogP contribution >= 0.6 is 11.6 Å². The van der Waals surface area contributed by atoms with Gasteiger partial charge in [-0.15, -0.1) is 0 Å². The molecule has 0 fully saturated rings. The van der Waals surface area contributed by atoms with Gasteiger partial charge in [-0.25, -0.2) is 0 Å². The van der Waals surface area contributed by atoms with Gasteiger partial charge >= 0.3 is 0 Å². The van der Waals surface area contributed by atoms with E-state index in [1.807, 2.05) is 37.5 Å². The molecular weight excluding hydrogens is 274 g/mol. The SMILES string of the molecule is CN(Cc1ccccc1Cl)C(=O)/C=C/c1cnn(C)c1. The van der Waals surface area contributed by atoms with Gasteiger partial charge < -0.3 is 4.90 Å². The van der Waals surface area contributed by atoms with Crippen molar-refractivity contribution < 1.29 is 4.79 Å². The van der Waals surface area contributed by atoms with Gasteiger partial charge in [0.25, 0.3) is 0 Å². The van der Waals surface area contributed by atoms with E-state index in [0.717, 1.165) is 11.1 Å². The summed E-state index contributed by atoms with van der Waals surface area (Å²) in [5.41, 5.74) is 1.83. The zero-order valence-corrected chi connectivity index (χ0v) is 12.2. The van der Waals surface area contributed by atoms with E-state index in [1.54, 1.807) is 28.9 Å². The number of rotatable bonds is 4. The molecule has 0 unspecified atom stereocenters. The second-order valence-electron chi connectivity index (χ2n) is 4.57. The third-order valence-corrected chi connectivity index (χ3v) is 3.25. The first-order valence-corrected chi connectivity index (χ1v) is 6.59. The number of aromatic nitrogens is 2. The molecule has 0 atom stereocenters. The Morgan fingerprint density at radius 3 is 2.85 bits per heavy atom. The fraction of sp³-hybridized carbons (Fsp3) is 0.200. The standard InChI is InChI=1S/C15H16ClN3O/c1-18(11-13-5-3-4-6-14(13)16)15(20)8-7-12-9-17-19(2)10-12/h3-10H,11H2,1-2H3/b8-7+. The fourth-order valence-electron chi connectivity index (χ4n) is 1.78. The molecule has 0 aliphatic heterocycles. The maximum absolute atomic E-state index is 12.0. The van der Waals surface area contributed by atoms with E-state index in [0.29, 0.717) is 11.6 Å². The predicted octanol–water partition coefficient (Wildman–Crippen LogP) is 2.75. The second-order valence-corrected chi connectivity index (χ2v) is 4.97. The van der Waals surface area contributed by atoms with Crippen LogP contribution in [0.25, 0.3) is 6.08 Å². The van der Waals surface area contributed by atoms with Crippen LogP contribution in [0.15, 0.2) is 42.7 Å². The zero-order valence-electron chi connectivity index (χ0n) is 11.5. The molecule has 2 rings (SSSR count). The quantitative estimate of drug-likeness (QED) is 0.812. The summed E-state index contributed by atoms with van der Waals surface area (Å²) in [4.78, 5) is 13.6. The summed E-state index contributed by atoms with van der Waals surface area (Å²) in [6.07, 6.45) is 6.84. The molecule has 0 radical (unpaired) electrons. The van der Waals surface area contributed by atoms with Gasteiger partial charge in [0.15, 0.2) is 0 Å². The van der Waals surface area contributed by atoms with Gasteiger partial charge in [0.05, 0.1) is 6.20 Å². The Bertz CT molecular complexity index is 634. The van der Waals surface area contributed by atoms with Crippen molar-refractivity contribution in [3.05, 3.63) is 58.9 Å². The lowest BCUT2D eigenvalue weighted by Crippen LogP contribution is -2.24. The third kappa shape index (κ3) is 3.71. The van der Waals surface area contributed by atoms with Gasteiger partial charge in [-0.3, -0.25) is 9.48 Å². The number of halogens is 1. The van der Waals surface area contributed by atoms with Gasteiger partial charge in [-0.1, -0.05) is 29.8 Å². The van der Waals surface area contributed by atoms with E-state index in [2.05, 4.69) is 5.10 Å². The van der Waals surface area contributed by atoms with E-state index < -0.39 is 0 Å². The minimum atomic E-state index is -0.0752. The summed E-state index contributed by atoms with van der Waals surface area (Å²) in [5, 5.41) is 4.71. The van der Waals surface area contributed by atoms with Crippen molar-refractivity contribution in [2.24, 2.45) is 7.05 Å². The maximum atomic E-state index is 12.0. The van der Waals surface area contributed by atoms with Crippen molar-refractivity contribution in [3.8, 4) is 0 Å². The Morgan fingerprint density at radius 2 is 2.20 bits per heavy atom. The molecule has 4 nitrogen and oxygen atoms in total. The summed E-state index contributed by atoms with van der Waals surface area (Å²) in [5.74, 6) is -0.0752. The molecule has 1 heterocycles. The molecule has 1 aromatic heterocycles. The van der Waals surface area contributed by atoms with Crippen LogP contribution in [0.2, 0.25) is 5.02 Å². The topological polar surface area (TPSA) is 38.1 Å². The van der Waals surface area contributed by atoms with Gasteiger partial charge in [0, 0.05) is 43.5 Å². The van der Waals surface area contributed by atoms with Crippen LogP contribution in [0, 0.1) is 0 Å². The lowest BCUT2D eigenvalue weighted by atomic mass is 10.2. The molecule has 20 heavy (non-hydrogen) atoms. The first-order chi connectivity index (χ1) is 9.56. The fourth-order valence-corrected chi connectivity index (χ4v) is 1.98. The Hall–Kier alpha value is -2.07. The first kappa shape index (κ1) is 14.3. The molecule has 0 aliphatic carbocycles. The molecule has 0 bridgehead atoms. The van der Waals surface area contributed by atoms with Crippen molar-refractivity contribution >= 4 is 23.6 Å². The molecule has 104 valence electrons. The Labute approximate surface area is 123 Å². The highest BCUT2D eigenvalue weighted by atomic mass is 35.5. The largest absolute Gasteiger partial charge is 0.338 e. The number of carbonyl (C=O) groups excluding carboxylic acids is 1. The van der Waals surface area contributed by atoms with Gasteiger partial charge in [-0.05, 0) is 17.7 Å². The van der Waals surface area contributed by atoms with Crippen molar-refractivity contribution in [2.75, 3.05) is 7.05 Å². The van der Waals surface area contributed by atoms with Crippen molar-refractivity contribution in [3.63, 3.8) is 0 Å². The summed E-state index contributed by atoms with van der Waals surface area (Å²) < 4.78 is 1.69. The van der Waals surface area contributed by atoms with Crippen molar-refractivity contribution in [1.82, 2.24) is 14.7 Å². The first-order valence-electron chi connectivity index (χ1n) is 6.21. The third-order valence-electron chi connectivity index (χ3n) is 2.88. The van der Waals surface area contributed by atoms with Gasteiger partial charge in [-0.2, -0.15) is 5.10 Å². The molecule has 2 aromatic rings. The highest BCUT2D eigenvalue weighted by Crippen LogP contribution is 2.16. The van der Waals surface area contributed by atoms with Crippen LogP contribution in [0.3, 0.4) is 0 Å². The number of likely N-dealkylation sites (N-methyl/N-ethyl adjacent to an activating group) is 1. The number of nitrogens with zero attached hydrogens (tertiary/aromatic N) is 3. The molecular formula is C15H16ClN3O. The van der Waals surface area contributed by atoms with E-state index >= 15 is 0 Å². The average molecular weight is 290 g/mol. The molecule has 0 saturated heterocycles. The van der Waals surface area contributed by atoms with Crippen LogP contribution in [-0.4, -0.2) is 27.6 Å². The van der Waals surface area contributed by atoms with E-state index in [4.69, 9.17) is 11.6 Å². The minimum absolute atomic E-state index is 0.0752. The van der Waals surface area contributed by atoms with Gasteiger partial charge in [0.1, 0.15) is 0 Å². The molecule has 0 N–H and O–H groups in total. The van der Waals surface area contributed by atoms with Crippen LogP contribution in [0.1, 0.15) is 11.1 Å². The number of amides is 1. The summed E-state index contributed by atoms with van der Waals surface area (Å²) in [7, 11) is 3.59. The Kier molecular flexibility index (Phi) is 4.58. The van der Waals surface area contributed by atoms with Crippen LogP contribution < -0.4 is 0 Å². The van der Waals surface area contributed by atoms with Crippen molar-refractivity contribution in [2.45, 2.75) is 6.54 Å².